The van der Waals surface area contributed by atoms with Crippen LogP contribution in [0.4, 0.5) is 5.82 Å². The highest BCUT2D eigenvalue weighted by atomic mass is 15.2. The fourth-order valence-electron chi connectivity index (χ4n) is 1.59. The second kappa shape index (κ2) is 6.57. The van der Waals surface area contributed by atoms with Crippen LogP contribution in [0.3, 0.4) is 0 Å². The van der Waals surface area contributed by atoms with Gasteiger partial charge in [-0.05, 0) is 38.2 Å². The molecule has 96 valence electrons. The molecular formula is C13H24N4. The second-order valence-electron chi connectivity index (χ2n) is 4.61. The fourth-order valence-corrected chi connectivity index (χ4v) is 1.59. The minimum Gasteiger partial charge on any atom is -0.358 e. The third-order valence-electron chi connectivity index (χ3n) is 2.80. The Morgan fingerprint density at radius 1 is 1.18 bits per heavy atom. The molecule has 0 saturated heterocycles. The molecule has 17 heavy (non-hydrogen) atoms. The van der Waals surface area contributed by atoms with E-state index in [9.17, 15) is 0 Å². The number of aryl methyl sites for hydroxylation is 1. The number of likely N-dealkylation sites (N-methyl/N-ethyl adjacent to an activating group) is 2. The first-order valence-corrected chi connectivity index (χ1v) is 6.12. The lowest BCUT2D eigenvalue weighted by atomic mass is 10.2. The van der Waals surface area contributed by atoms with Crippen molar-refractivity contribution >= 4 is 5.82 Å². The summed E-state index contributed by atoms with van der Waals surface area (Å²) in [6.07, 6.45) is 0.947. The van der Waals surface area contributed by atoms with E-state index in [0.717, 1.165) is 36.6 Å². The fraction of sp³-hybridized carbons (Fsp3) is 0.615. The van der Waals surface area contributed by atoms with Crippen LogP contribution in [0.25, 0.3) is 0 Å². The van der Waals surface area contributed by atoms with Gasteiger partial charge in [0, 0.05) is 32.4 Å². The van der Waals surface area contributed by atoms with Gasteiger partial charge in [-0.15, -0.1) is 0 Å². The quantitative estimate of drug-likeness (QED) is 0.803. The molecule has 2 N–H and O–H groups in total. The summed E-state index contributed by atoms with van der Waals surface area (Å²) < 4.78 is 0. The minimum atomic E-state index is 0.573. The van der Waals surface area contributed by atoms with Crippen molar-refractivity contribution in [2.75, 3.05) is 39.1 Å². The number of hydrogen-bond donors (Lipinski definition) is 1. The Labute approximate surface area is 104 Å². The standard InChI is InChI=1S/C13H24N4/c1-5-12-8-11(10-14)9-13(15-12)17(4)7-6-16(2)3/h8-9H,5-7,10,14H2,1-4H3. The first-order chi connectivity index (χ1) is 8.06. The van der Waals surface area contributed by atoms with E-state index >= 15 is 0 Å². The summed E-state index contributed by atoms with van der Waals surface area (Å²) in [5.74, 6) is 1.02. The van der Waals surface area contributed by atoms with Crippen LogP contribution in [0.1, 0.15) is 18.2 Å². The summed E-state index contributed by atoms with van der Waals surface area (Å²) in [7, 11) is 6.23. The first-order valence-electron chi connectivity index (χ1n) is 6.12. The lowest BCUT2D eigenvalue weighted by Crippen LogP contribution is -2.29. The Balaban J connectivity index is 2.80. The van der Waals surface area contributed by atoms with E-state index < -0.39 is 0 Å². The Bertz CT molecular complexity index is 327. The van der Waals surface area contributed by atoms with Gasteiger partial charge in [0.05, 0.1) is 0 Å². The molecule has 4 heteroatoms. The van der Waals surface area contributed by atoms with Gasteiger partial charge in [-0.25, -0.2) is 4.98 Å². The van der Waals surface area contributed by atoms with Gasteiger partial charge >= 0.3 is 0 Å². The number of rotatable bonds is 6. The van der Waals surface area contributed by atoms with E-state index in [4.69, 9.17) is 5.73 Å². The van der Waals surface area contributed by atoms with Crippen molar-refractivity contribution in [1.29, 1.82) is 0 Å². The van der Waals surface area contributed by atoms with Crippen molar-refractivity contribution in [3.63, 3.8) is 0 Å². The zero-order valence-electron chi connectivity index (χ0n) is 11.4. The summed E-state index contributed by atoms with van der Waals surface area (Å²) in [6.45, 7) is 4.68. The van der Waals surface area contributed by atoms with Crippen LogP contribution < -0.4 is 10.6 Å². The second-order valence-corrected chi connectivity index (χ2v) is 4.61. The lowest BCUT2D eigenvalue weighted by Gasteiger charge is -2.21. The highest BCUT2D eigenvalue weighted by Crippen LogP contribution is 2.14. The Morgan fingerprint density at radius 2 is 1.88 bits per heavy atom. The van der Waals surface area contributed by atoms with Crippen molar-refractivity contribution in [2.24, 2.45) is 5.73 Å². The van der Waals surface area contributed by atoms with E-state index in [1.165, 1.54) is 0 Å². The van der Waals surface area contributed by atoms with Gasteiger partial charge in [0.1, 0.15) is 5.82 Å². The molecule has 1 aromatic rings. The minimum absolute atomic E-state index is 0.573. The SMILES string of the molecule is CCc1cc(CN)cc(N(C)CCN(C)C)n1. The monoisotopic (exact) mass is 236 g/mol. The van der Waals surface area contributed by atoms with E-state index in [1.807, 2.05) is 0 Å². The summed E-state index contributed by atoms with van der Waals surface area (Å²) in [4.78, 5) is 8.98. The molecule has 0 atom stereocenters. The maximum absolute atomic E-state index is 5.71. The van der Waals surface area contributed by atoms with Crippen LogP contribution in [0, 0.1) is 0 Å². The molecule has 0 radical (unpaired) electrons. The molecule has 1 rings (SSSR count). The van der Waals surface area contributed by atoms with Gasteiger partial charge in [-0.3, -0.25) is 0 Å². The molecule has 0 aliphatic heterocycles. The molecule has 0 saturated carbocycles. The molecule has 0 aliphatic rings. The van der Waals surface area contributed by atoms with Crippen molar-refractivity contribution in [3.05, 3.63) is 23.4 Å². The Hall–Kier alpha value is -1.13. The smallest absolute Gasteiger partial charge is 0.128 e. The van der Waals surface area contributed by atoms with Crippen LogP contribution in [0.2, 0.25) is 0 Å². The van der Waals surface area contributed by atoms with Gasteiger partial charge in [0.25, 0.3) is 0 Å². The molecule has 1 aromatic heterocycles. The lowest BCUT2D eigenvalue weighted by molar-refractivity contribution is 0.416. The van der Waals surface area contributed by atoms with Gasteiger partial charge < -0.3 is 15.5 Å². The summed E-state index contributed by atoms with van der Waals surface area (Å²) in [5.41, 5.74) is 7.98. The predicted molar refractivity (Wildman–Crippen MR) is 73.3 cm³/mol. The highest BCUT2D eigenvalue weighted by molar-refractivity contribution is 5.42. The number of nitrogens with two attached hydrogens (primary N) is 1. The largest absolute Gasteiger partial charge is 0.358 e. The number of aromatic nitrogens is 1. The molecule has 4 nitrogen and oxygen atoms in total. The average Bonchev–Trinajstić information content (AvgIpc) is 2.34. The third-order valence-corrected chi connectivity index (χ3v) is 2.80. The van der Waals surface area contributed by atoms with Crippen LogP contribution in [0.15, 0.2) is 12.1 Å². The number of hydrogen-bond acceptors (Lipinski definition) is 4. The summed E-state index contributed by atoms with van der Waals surface area (Å²) in [5, 5.41) is 0. The predicted octanol–water partition coefficient (Wildman–Crippen LogP) is 1.10. The van der Waals surface area contributed by atoms with E-state index in [-0.39, 0.29) is 0 Å². The van der Waals surface area contributed by atoms with E-state index in [1.54, 1.807) is 0 Å². The van der Waals surface area contributed by atoms with Gasteiger partial charge in [-0.2, -0.15) is 0 Å². The normalized spacial score (nSPS) is 10.9. The van der Waals surface area contributed by atoms with Crippen LogP contribution in [-0.4, -0.2) is 44.1 Å². The van der Waals surface area contributed by atoms with Crippen LogP contribution >= 0.6 is 0 Å². The molecule has 1 heterocycles. The Morgan fingerprint density at radius 3 is 2.41 bits per heavy atom. The molecule has 0 spiro atoms. The Kier molecular flexibility index (Phi) is 5.38. The van der Waals surface area contributed by atoms with Gasteiger partial charge in [-0.1, -0.05) is 6.92 Å². The van der Waals surface area contributed by atoms with Crippen molar-refractivity contribution < 1.29 is 0 Å². The molecular weight excluding hydrogens is 212 g/mol. The maximum Gasteiger partial charge on any atom is 0.128 e. The number of pyridine rings is 1. The first kappa shape index (κ1) is 13.9. The van der Waals surface area contributed by atoms with E-state index in [0.29, 0.717) is 6.54 Å². The summed E-state index contributed by atoms with van der Waals surface area (Å²) >= 11 is 0. The van der Waals surface area contributed by atoms with Crippen LogP contribution in [-0.2, 0) is 13.0 Å². The third kappa shape index (κ3) is 4.32. The molecule has 0 unspecified atom stereocenters. The zero-order chi connectivity index (χ0) is 12.8. The molecule has 0 aliphatic carbocycles. The van der Waals surface area contributed by atoms with E-state index in [2.05, 4.69) is 55.0 Å². The van der Waals surface area contributed by atoms with Crippen molar-refractivity contribution in [3.8, 4) is 0 Å². The maximum atomic E-state index is 5.71. The molecule has 0 aromatic carbocycles. The summed E-state index contributed by atoms with van der Waals surface area (Å²) in [6, 6.07) is 4.16. The topological polar surface area (TPSA) is 45.4 Å². The van der Waals surface area contributed by atoms with Gasteiger partial charge in [0.15, 0.2) is 0 Å². The molecule has 0 amide bonds. The highest BCUT2D eigenvalue weighted by Gasteiger charge is 2.06. The average molecular weight is 236 g/mol. The van der Waals surface area contributed by atoms with Crippen molar-refractivity contribution in [2.45, 2.75) is 19.9 Å². The zero-order valence-corrected chi connectivity index (χ0v) is 11.4. The molecule has 0 bridgehead atoms. The van der Waals surface area contributed by atoms with Crippen LogP contribution in [0.5, 0.6) is 0 Å². The number of anilines is 1. The van der Waals surface area contributed by atoms with Gasteiger partial charge in [0.2, 0.25) is 0 Å². The number of nitrogens with zero attached hydrogens (tertiary/aromatic N) is 3. The molecule has 0 fully saturated rings. The van der Waals surface area contributed by atoms with Crippen molar-refractivity contribution in [1.82, 2.24) is 9.88 Å².